The standard InChI is InChI=1S/C10H23N3O3S/c1-9(2)10(3,8-11)12-17(14,15)13-4-6-16-7-5-13/h9,12H,4-8,11H2,1-3H3. The van der Waals surface area contributed by atoms with Gasteiger partial charge in [0.05, 0.1) is 13.2 Å². The molecule has 1 aliphatic rings. The molecule has 0 bridgehead atoms. The summed E-state index contributed by atoms with van der Waals surface area (Å²) >= 11 is 0. The fraction of sp³-hybridized carbons (Fsp3) is 1.00. The van der Waals surface area contributed by atoms with Crippen molar-refractivity contribution in [2.24, 2.45) is 11.7 Å². The Kier molecular flexibility index (Phi) is 4.91. The molecule has 0 aliphatic carbocycles. The molecule has 102 valence electrons. The quantitative estimate of drug-likeness (QED) is 0.703. The van der Waals surface area contributed by atoms with Crippen molar-refractivity contribution in [1.29, 1.82) is 0 Å². The summed E-state index contributed by atoms with van der Waals surface area (Å²) in [5.41, 5.74) is 5.06. The van der Waals surface area contributed by atoms with Gasteiger partial charge in [-0.1, -0.05) is 13.8 Å². The fourth-order valence-corrected chi connectivity index (χ4v) is 3.21. The number of nitrogens with two attached hydrogens (primary N) is 1. The van der Waals surface area contributed by atoms with E-state index in [9.17, 15) is 8.42 Å². The lowest BCUT2D eigenvalue weighted by Crippen LogP contribution is -2.59. The van der Waals surface area contributed by atoms with Gasteiger partial charge < -0.3 is 10.5 Å². The molecule has 6 nitrogen and oxygen atoms in total. The predicted octanol–water partition coefficient (Wildman–Crippen LogP) is -0.474. The van der Waals surface area contributed by atoms with Crippen LogP contribution in [0.1, 0.15) is 20.8 Å². The molecule has 0 spiro atoms. The van der Waals surface area contributed by atoms with E-state index in [1.165, 1.54) is 4.31 Å². The maximum atomic E-state index is 12.2. The molecule has 1 saturated heterocycles. The van der Waals surface area contributed by atoms with E-state index in [0.29, 0.717) is 26.3 Å². The van der Waals surface area contributed by atoms with Crippen LogP contribution in [0.15, 0.2) is 0 Å². The van der Waals surface area contributed by atoms with Gasteiger partial charge in [0.15, 0.2) is 0 Å². The molecule has 1 unspecified atom stereocenters. The lowest BCUT2D eigenvalue weighted by atomic mass is 9.90. The highest BCUT2D eigenvalue weighted by atomic mass is 32.2. The number of ether oxygens (including phenoxy) is 1. The van der Waals surface area contributed by atoms with E-state index < -0.39 is 15.7 Å². The number of morpholine rings is 1. The Hall–Kier alpha value is -0.210. The first-order valence-corrected chi connectivity index (χ1v) is 7.33. The second-order valence-electron chi connectivity index (χ2n) is 4.89. The van der Waals surface area contributed by atoms with Crippen LogP contribution in [0, 0.1) is 5.92 Å². The van der Waals surface area contributed by atoms with E-state index in [1.807, 2.05) is 20.8 Å². The zero-order valence-electron chi connectivity index (χ0n) is 10.8. The molecule has 0 saturated carbocycles. The van der Waals surface area contributed by atoms with Crippen molar-refractivity contribution in [3.05, 3.63) is 0 Å². The molecule has 3 N–H and O–H groups in total. The van der Waals surface area contributed by atoms with Crippen LogP contribution >= 0.6 is 0 Å². The molecule has 1 heterocycles. The van der Waals surface area contributed by atoms with Gasteiger partial charge in [0.25, 0.3) is 10.2 Å². The van der Waals surface area contributed by atoms with Gasteiger partial charge in [0.1, 0.15) is 0 Å². The van der Waals surface area contributed by atoms with Crippen molar-refractivity contribution >= 4 is 10.2 Å². The topological polar surface area (TPSA) is 84.7 Å². The average Bonchev–Trinajstić information content (AvgIpc) is 2.29. The van der Waals surface area contributed by atoms with Crippen molar-refractivity contribution in [1.82, 2.24) is 9.03 Å². The average molecular weight is 265 g/mol. The van der Waals surface area contributed by atoms with Gasteiger partial charge in [-0.2, -0.15) is 17.4 Å². The van der Waals surface area contributed by atoms with Crippen LogP contribution in [0.2, 0.25) is 0 Å². The Balaban J connectivity index is 2.77. The molecular weight excluding hydrogens is 242 g/mol. The maximum Gasteiger partial charge on any atom is 0.280 e. The predicted molar refractivity (Wildman–Crippen MR) is 66.7 cm³/mol. The van der Waals surface area contributed by atoms with Crippen molar-refractivity contribution < 1.29 is 13.2 Å². The number of hydrogen-bond donors (Lipinski definition) is 2. The molecule has 1 rings (SSSR count). The van der Waals surface area contributed by atoms with E-state index >= 15 is 0 Å². The molecule has 0 amide bonds. The van der Waals surface area contributed by atoms with Gasteiger partial charge in [-0.25, -0.2) is 0 Å². The number of nitrogens with zero attached hydrogens (tertiary/aromatic N) is 1. The van der Waals surface area contributed by atoms with E-state index in [1.54, 1.807) is 0 Å². The third-order valence-corrected chi connectivity index (χ3v) is 5.14. The zero-order valence-corrected chi connectivity index (χ0v) is 11.6. The molecule has 1 atom stereocenters. The van der Waals surface area contributed by atoms with Crippen molar-refractivity contribution in [2.45, 2.75) is 26.3 Å². The van der Waals surface area contributed by atoms with E-state index in [-0.39, 0.29) is 12.5 Å². The molecule has 0 aromatic rings. The minimum atomic E-state index is -3.47. The smallest absolute Gasteiger partial charge is 0.280 e. The third-order valence-electron chi connectivity index (χ3n) is 3.37. The number of nitrogens with one attached hydrogen (secondary N) is 1. The van der Waals surface area contributed by atoms with Gasteiger partial charge in [0.2, 0.25) is 0 Å². The summed E-state index contributed by atoms with van der Waals surface area (Å²) in [5, 5.41) is 0. The number of hydrogen-bond acceptors (Lipinski definition) is 4. The Morgan fingerprint density at radius 1 is 1.41 bits per heavy atom. The molecule has 0 radical (unpaired) electrons. The van der Waals surface area contributed by atoms with Crippen molar-refractivity contribution in [2.75, 3.05) is 32.8 Å². The van der Waals surface area contributed by atoms with Crippen LogP contribution in [0.25, 0.3) is 0 Å². The minimum Gasteiger partial charge on any atom is -0.379 e. The molecular formula is C10H23N3O3S. The zero-order chi connectivity index (χ0) is 13.1. The SMILES string of the molecule is CC(C)C(C)(CN)NS(=O)(=O)N1CCOCC1. The van der Waals surface area contributed by atoms with Gasteiger partial charge in [-0.15, -0.1) is 0 Å². The van der Waals surface area contributed by atoms with Crippen LogP contribution in [0.5, 0.6) is 0 Å². The summed E-state index contributed by atoms with van der Waals surface area (Å²) in [6.07, 6.45) is 0. The first-order valence-electron chi connectivity index (χ1n) is 5.89. The summed E-state index contributed by atoms with van der Waals surface area (Å²) in [5.74, 6) is 0.128. The molecule has 0 aromatic carbocycles. The Bertz CT molecular complexity index is 339. The van der Waals surface area contributed by atoms with Crippen LogP contribution < -0.4 is 10.5 Å². The highest BCUT2D eigenvalue weighted by Gasteiger charge is 2.35. The highest BCUT2D eigenvalue weighted by Crippen LogP contribution is 2.17. The normalized spacial score (nSPS) is 22.6. The monoisotopic (exact) mass is 265 g/mol. The van der Waals surface area contributed by atoms with E-state index in [2.05, 4.69) is 4.72 Å². The Morgan fingerprint density at radius 2 is 1.94 bits per heavy atom. The maximum absolute atomic E-state index is 12.2. The van der Waals surface area contributed by atoms with Gasteiger partial charge in [-0.3, -0.25) is 0 Å². The molecule has 7 heteroatoms. The van der Waals surface area contributed by atoms with Crippen LogP contribution in [0.3, 0.4) is 0 Å². The molecule has 1 fully saturated rings. The van der Waals surface area contributed by atoms with Gasteiger partial charge in [0, 0.05) is 25.2 Å². The summed E-state index contributed by atoms with van der Waals surface area (Å²) in [6, 6.07) is 0. The third kappa shape index (κ3) is 3.62. The lowest BCUT2D eigenvalue weighted by molar-refractivity contribution is 0.0717. The number of rotatable bonds is 5. The minimum absolute atomic E-state index is 0.128. The fourth-order valence-electron chi connectivity index (χ4n) is 1.54. The van der Waals surface area contributed by atoms with Crippen LogP contribution in [-0.4, -0.2) is 51.1 Å². The van der Waals surface area contributed by atoms with E-state index in [4.69, 9.17) is 10.5 Å². The van der Waals surface area contributed by atoms with Crippen LogP contribution in [0.4, 0.5) is 0 Å². The summed E-state index contributed by atoms with van der Waals surface area (Å²) in [6.45, 7) is 7.69. The Labute approximate surface area is 104 Å². The Morgan fingerprint density at radius 3 is 2.35 bits per heavy atom. The molecule has 17 heavy (non-hydrogen) atoms. The second kappa shape index (κ2) is 5.62. The van der Waals surface area contributed by atoms with Crippen molar-refractivity contribution in [3.63, 3.8) is 0 Å². The molecule has 0 aromatic heterocycles. The van der Waals surface area contributed by atoms with E-state index in [0.717, 1.165) is 0 Å². The first kappa shape index (κ1) is 14.8. The summed E-state index contributed by atoms with van der Waals surface area (Å²) in [7, 11) is -3.47. The molecule has 1 aliphatic heterocycles. The lowest BCUT2D eigenvalue weighted by Gasteiger charge is -2.36. The summed E-state index contributed by atoms with van der Waals surface area (Å²) < 4.78 is 33.6. The largest absolute Gasteiger partial charge is 0.379 e. The van der Waals surface area contributed by atoms with Gasteiger partial charge in [-0.05, 0) is 12.8 Å². The second-order valence-corrected chi connectivity index (χ2v) is 6.57. The summed E-state index contributed by atoms with van der Waals surface area (Å²) in [4.78, 5) is 0. The van der Waals surface area contributed by atoms with Crippen LogP contribution in [-0.2, 0) is 14.9 Å². The first-order chi connectivity index (χ1) is 7.82. The van der Waals surface area contributed by atoms with Gasteiger partial charge >= 0.3 is 0 Å². The highest BCUT2D eigenvalue weighted by molar-refractivity contribution is 7.87. The van der Waals surface area contributed by atoms with Crippen molar-refractivity contribution in [3.8, 4) is 0 Å².